The van der Waals surface area contributed by atoms with Crippen LogP contribution in [0.1, 0.15) is 32.6 Å². The molecule has 0 aliphatic heterocycles. The minimum Gasteiger partial charge on any atom is -0.507 e. The zero-order valence-electron chi connectivity index (χ0n) is 16.3. The second kappa shape index (κ2) is 6.24. The first-order chi connectivity index (χ1) is 13.9. The van der Waals surface area contributed by atoms with Crippen LogP contribution in [0.2, 0.25) is 0 Å². The van der Waals surface area contributed by atoms with E-state index < -0.39 is 5.97 Å². The first-order valence-corrected chi connectivity index (χ1v) is 9.74. The summed E-state index contributed by atoms with van der Waals surface area (Å²) < 4.78 is 0. The molecule has 0 radical (unpaired) electrons. The maximum absolute atomic E-state index is 11.3. The van der Waals surface area contributed by atoms with E-state index in [9.17, 15) is 15.0 Å². The summed E-state index contributed by atoms with van der Waals surface area (Å²) in [6.45, 7) is 4.24. The van der Waals surface area contributed by atoms with Gasteiger partial charge in [-0.2, -0.15) is 0 Å². The van der Waals surface area contributed by atoms with E-state index in [1.165, 1.54) is 27.6 Å². The zero-order valence-corrected chi connectivity index (χ0v) is 16.3. The fourth-order valence-electron chi connectivity index (χ4n) is 4.35. The number of phenols is 1. The van der Waals surface area contributed by atoms with Crippen molar-refractivity contribution in [3.05, 3.63) is 76.3 Å². The molecule has 0 unspecified atom stereocenters. The molecular formula is C25H21NO3. The van der Waals surface area contributed by atoms with Crippen molar-refractivity contribution in [2.24, 2.45) is 0 Å². The SMILES string of the molecule is Cc1ccc(-c2ccc3c4c([nH]c3c2)-c2cc(O)c(C(=O)O)cc2CC4)cc1C. The minimum atomic E-state index is -1.11. The van der Waals surface area contributed by atoms with E-state index >= 15 is 0 Å². The lowest BCUT2D eigenvalue weighted by Crippen LogP contribution is -2.06. The number of aromatic carboxylic acids is 1. The Morgan fingerprint density at radius 3 is 2.45 bits per heavy atom. The summed E-state index contributed by atoms with van der Waals surface area (Å²) in [5.74, 6) is -1.30. The van der Waals surface area contributed by atoms with Crippen molar-refractivity contribution >= 4 is 16.9 Å². The number of benzene rings is 3. The highest BCUT2D eigenvalue weighted by Gasteiger charge is 2.24. The third kappa shape index (κ3) is 2.71. The van der Waals surface area contributed by atoms with Crippen LogP contribution in [0.3, 0.4) is 0 Å². The molecule has 0 spiro atoms. The van der Waals surface area contributed by atoms with Gasteiger partial charge in [-0.15, -0.1) is 0 Å². The van der Waals surface area contributed by atoms with Crippen LogP contribution in [-0.4, -0.2) is 21.2 Å². The average Bonchev–Trinajstić information content (AvgIpc) is 3.07. The van der Waals surface area contributed by atoms with Gasteiger partial charge in [0, 0.05) is 16.5 Å². The molecule has 1 aliphatic rings. The van der Waals surface area contributed by atoms with E-state index in [1.807, 2.05) is 0 Å². The Hall–Kier alpha value is -3.53. The van der Waals surface area contributed by atoms with Crippen molar-refractivity contribution in [3.63, 3.8) is 0 Å². The average molecular weight is 383 g/mol. The summed E-state index contributed by atoms with van der Waals surface area (Å²) in [5.41, 5.74) is 9.95. The van der Waals surface area contributed by atoms with Crippen LogP contribution in [0.25, 0.3) is 33.3 Å². The van der Waals surface area contributed by atoms with Crippen molar-refractivity contribution in [3.8, 4) is 28.1 Å². The highest BCUT2D eigenvalue weighted by atomic mass is 16.4. The normalized spacial score (nSPS) is 12.6. The Morgan fingerprint density at radius 2 is 1.69 bits per heavy atom. The predicted molar refractivity (Wildman–Crippen MR) is 115 cm³/mol. The Morgan fingerprint density at radius 1 is 0.931 bits per heavy atom. The molecule has 0 amide bonds. The second-order valence-corrected chi connectivity index (χ2v) is 7.87. The molecule has 3 aromatic carbocycles. The summed E-state index contributed by atoms with van der Waals surface area (Å²) >= 11 is 0. The number of aryl methyl sites for hydroxylation is 4. The first-order valence-electron chi connectivity index (χ1n) is 9.74. The van der Waals surface area contributed by atoms with Crippen molar-refractivity contribution in [1.29, 1.82) is 0 Å². The van der Waals surface area contributed by atoms with Crippen molar-refractivity contribution in [1.82, 2.24) is 4.98 Å². The Balaban J connectivity index is 1.66. The quantitative estimate of drug-likeness (QED) is 0.420. The molecule has 1 aliphatic carbocycles. The first kappa shape index (κ1) is 17.6. The molecule has 4 aromatic rings. The molecule has 3 N–H and O–H groups in total. The largest absolute Gasteiger partial charge is 0.507 e. The van der Waals surface area contributed by atoms with E-state index in [-0.39, 0.29) is 11.3 Å². The third-order valence-electron chi connectivity index (χ3n) is 6.11. The van der Waals surface area contributed by atoms with Crippen LogP contribution in [0.5, 0.6) is 5.75 Å². The van der Waals surface area contributed by atoms with Gasteiger partial charge in [-0.05, 0) is 78.3 Å². The monoisotopic (exact) mass is 383 g/mol. The summed E-state index contributed by atoms with van der Waals surface area (Å²) in [4.78, 5) is 14.9. The molecule has 0 saturated carbocycles. The van der Waals surface area contributed by atoms with Gasteiger partial charge < -0.3 is 15.2 Å². The van der Waals surface area contributed by atoms with E-state index in [1.54, 1.807) is 12.1 Å². The number of carboxylic acid groups (broad SMARTS) is 1. The smallest absolute Gasteiger partial charge is 0.339 e. The van der Waals surface area contributed by atoms with Crippen LogP contribution in [0.4, 0.5) is 0 Å². The van der Waals surface area contributed by atoms with Crippen LogP contribution in [0.15, 0.2) is 48.5 Å². The number of aromatic hydroxyl groups is 1. The van der Waals surface area contributed by atoms with Crippen molar-refractivity contribution in [2.75, 3.05) is 0 Å². The molecule has 0 atom stereocenters. The van der Waals surface area contributed by atoms with Gasteiger partial charge in [-0.25, -0.2) is 4.79 Å². The molecule has 0 saturated heterocycles. The Bertz CT molecular complexity index is 1310. The maximum atomic E-state index is 11.3. The molecule has 5 rings (SSSR count). The summed E-state index contributed by atoms with van der Waals surface area (Å²) in [7, 11) is 0. The number of rotatable bonds is 2. The molecule has 29 heavy (non-hydrogen) atoms. The molecule has 1 aromatic heterocycles. The summed E-state index contributed by atoms with van der Waals surface area (Å²) in [6, 6.07) is 16.2. The van der Waals surface area contributed by atoms with Gasteiger partial charge in [-0.3, -0.25) is 0 Å². The van der Waals surface area contributed by atoms with Gasteiger partial charge >= 0.3 is 5.97 Å². The van der Waals surface area contributed by atoms with Gasteiger partial charge in [0.1, 0.15) is 11.3 Å². The standard InChI is InChI=1S/C25H21NO3/c1-13-3-4-15(9-14(13)2)16-5-7-18-19-8-6-17-10-21(25(28)29)23(27)12-20(17)24(19)26-22(18)11-16/h3-5,7,9-12,26-27H,6,8H2,1-2H3,(H,28,29). The number of aromatic amines is 1. The van der Waals surface area contributed by atoms with E-state index in [2.05, 4.69) is 55.2 Å². The lowest BCUT2D eigenvalue weighted by molar-refractivity contribution is 0.0693. The molecule has 144 valence electrons. The van der Waals surface area contributed by atoms with Gasteiger partial charge in [0.2, 0.25) is 0 Å². The predicted octanol–water partition coefficient (Wildman–Crippen LogP) is 5.62. The molecule has 0 fully saturated rings. The zero-order chi connectivity index (χ0) is 20.3. The number of H-pyrrole nitrogens is 1. The second-order valence-electron chi connectivity index (χ2n) is 7.87. The fourth-order valence-corrected chi connectivity index (χ4v) is 4.35. The van der Waals surface area contributed by atoms with E-state index in [0.29, 0.717) is 0 Å². The molecule has 0 bridgehead atoms. The van der Waals surface area contributed by atoms with Crippen LogP contribution in [-0.2, 0) is 12.8 Å². The number of carboxylic acids is 1. The number of carbonyl (C=O) groups is 1. The third-order valence-corrected chi connectivity index (χ3v) is 6.11. The minimum absolute atomic E-state index is 0.0414. The van der Waals surface area contributed by atoms with Crippen molar-refractivity contribution < 1.29 is 15.0 Å². The van der Waals surface area contributed by atoms with Gasteiger partial charge in [0.25, 0.3) is 0 Å². The highest BCUT2D eigenvalue weighted by molar-refractivity contribution is 5.97. The number of aromatic nitrogens is 1. The number of fused-ring (bicyclic) bond motifs is 5. The maximum Gasteiger partial charge on any atom is 0.339 e. The lowest BCUT2D eigenvalue weighted by Gasteiger charge is -2.18. The Kier molecular flexibility index (Phi) is 3.78. The van der Waals surface area contributed by atoms with Crippen LogP contribution < -0.4 is 0 Å². The molecule has 4 nitrogen and oxygen atoms in total. The number of nitrogens with one attached hydrogen (secondary N) is 1. The summed E-state index contributed by atoms with van der Waals surface area (Å²) in [6.07, 6.45) is 1.60. The number of hydrogen-bond donors (Lipinski definition) is 3. The molecule has 1 heterocycles. The van der Waals surface area contributed by atoms with E-state index in [4.69, 9.17) is 0 Å². The lowest BCUT2D eigenvalue weighted by atomic mass is 9.87. The van der Waals surface area contributed by atoms with Crippen molar-refractivity contribution in [2.45, 2.75) is 26.7 Å². The fraction of sp³-hybridized carbons (Fsp3) is 0.160. The topological polar surface area (TPSA) is 73.3 Å². The summed E-state index contributed by atoms with van der Waals surface area (Å²) in [5, 5.41) is 20.6. The molecule has 4 heteroatoms. The van der Waals surface area contributed by atoms with Gasteiger partial charge in [0.15, 0.2) is 0 Å². The molecular weight excluding hydrogens is 362 g/mol. The van der Waals surface area contributed by atoms with Crippen LogP contribution >= 0.6 is 0 Å². The van der Waals surface area contributed by atoms with E-state index in [0.717, 1.165) is 40.7 Å². The van der Waals surface area contributed by atoms with Crippen LogP contribution in [0, 0.1) is 13.8 Å². The van der Waals surface area contributed by atoms with Gasteiger partial charge in [0.05, 0.1) is 5.69 Å². The Labute approximate surface area is 168 Å². The highest BCUT2D eigenvalue weighted by Crippen LogP contribution is 2.41. The van der Waals surface area contributed by atoms with Gasteiger partial charge in [-0.1, -0.05) is 30.3 Å². The number of hydrogen-bond acceptors (Lipinski definition) is 2.